The molecule has 0 fully saturated rings. The van der Waals surface area contributed by atoms with Gasteiger partial charge in [-0.3, -0.25) is 9.36 Å². The number of nitrogens with zero attached hydrogens (tertiary/aromatic N) is 3. The molecular formula is C25H20FN5O. The Morgan fingerprint density at radius 3 is 2.31 bits per heavy atom. The highest BCUT2D eigenvalue weighted by atomic mass is 19.1. The molecule has 5 aromatic rings. The van der Waals surface area contributed by atoms with Crippen LogP contribution in [0.4, 0.5) is 15.9 Å². The Morgan fingerprint density at radius 2 is 1.62 bits per heavy atom. The van der Waals surface area contributed by atoms with Crippen LogP contribution in [-0.2, 0) is 0 Å². The third kappa shape index (κ3) is 3.24. The maximum atomic E-state index is 13.5. The number of anilines is 2. The SMILES string of the molecule is Cc1ccc(NC(=O)c2c(N)n(-c3ccc(F)cc3)c3nc4ccccc4nc23)cc1C. The fourth-order valence-corrected chi connectivity index (χ4v) is 3.75. The third-order valence-electron chi connectivity index (χ3n) is 5.57. The van der Waals surface area contributed by atoms with Crippen LogP contribution in [0, 0.1) is 19.7 Å². The van der Waals surface area contributed by atoms with Crippen molar-refractivity contribution in [2.75, 3.05) is 11.1 Å². The molecule has 3 aromatic carbocycles. The van der Waals surface area contributed by atoms with Gasteiger partial charge in [0.2, 0.25) is 0 Å². The van der Waals surface area contributed by atoms with Gasteiger partial charge in [-0.2, -0.15) is 0 Å². The van der Waals surface area contributed by atoms with Gasteiger partial charge in [-0.15, -0.1) is 0 Å². The number of halogens is 1. The van der Waals surface area contributed by atoms with Gasteiger partial charge in [0.05, 0.1) is 11.0 Å². The molecule has 2 aromatic heterocycles. The quantitative estimate of drug-likeness (QED) is 0.418. The van der Waals surface area contributed by atoms with Gasteiger partial charge in [0.25, 0.3) is 5.91 Å². The summed E-state index contributed by atoms with van der Waals surface area (Å²) < 4.78 is 15.2. The van der Waals surface area contributed by atoms with Crippen LogP contribution in [0.2, 0.25) is 0 Å². The number of carbonyl (C=O) groups is 1. The average Bonchev–Trinajstić information content (AvgIpc) is 3.06. The van der Waals surface area contributed by atoms with Crippen LogP contribution in [0.1, 0.15) is 21.5 Å². The van der Waals surface area contributed by atoms with Crippen LogP contribution < -0.4 is 11.1 Å². The van der Waals surface area contributed by atoms with Crippen molar-refractivity contribution in [3.8, 4) is 5.69 Å². The number of aromatic nitrogens is 3. The number of para-hydroxylation sites is 2. The number of hydrogen-bond donors (Lipinski definition) is 2. The van der Waals surface area contributed by atoms with E-state index < -0.39 is 0 Å². The van der Waals surface area contributed by atoms with Gasteiger partial charge < -0.3 is 11.1 Å². The second-order valence-electron chi connectivity index (χ2n) is 7.71. The highest BCUT2D eigenvalue weighted by Gasteiger charge is 2.25. The van der Waals surface area contributed by atoms with Gasteiger partial charge >= 0.3 is 0 Å². The van der Waals surface area contributed by atoms with Gasteiger partial charge in [-0.05, 0) is 73.5 Å². The summed E-state index contributed by atoms with van der Waals surface area (Å²) in [5.41, 5.74) is 12.3. The normalized spacial score (nSPS) is 11.2. The Balaban J connectivity index is 1.73. The Kier molecular flexibility index (Phi) is 4.59. The number of nitrogens with two attached hydrogens (primary N) is 1. The lowest BCUT2D eigenvalue weighted by Crippen LogP contribution is -2.14. The predicted octanol–water partition coefficient (Wildman–Crippen LogP) is 5.16. The van der Waals surface area contributed by atoms with E-state index in [-0.39, 0.29) is 23.1 Å². The number of fused-ring (bicyclic) bond motifs is 2. The first-order chi connectivity index (χ1) is 15.4. The molecule has 0 bridgehead atoms. The van der Waals surface area contributed by atoms with Crippen molar-refractivity contribution in [1.29, 1.82) is 0 Å². The first kappa shape index (κ1) is 19.7. The highest BCUT2D eigenvalue weighted by Crippen LogP contribution is 2.31. The number of benzene rings is 3. The second kappa shape index (κ2) is 7.46. The van der Waals surface area contributed by atoms with Crippen LogP contribution in [0.3, 0.4) is 0 Å². The van der Waals surface area contributed by atoms with Crippen LogP contribution in [0.25, 0.3) is 27.9 Å². The largest absolute Gasteiger partial charge is 0.384 e. The van der Waals surface area contributed by atoms with Crippen LogP contribution in [0.5, 0.6) is 0 Å². The first-order valence-corrected chi connectivity index (χ1v) is 10.1. The lowest BCUT2D eigenvalue weighted by molar-refractivity contribution is 0.102. The molecule has 7 heteroatoms. The number of aryl methyl sites for hydroxylation is 2. The number of amides is 1. The number of hydrogen-bond acceptors (Lipinski definition) is 4. The molecule has 0 aliphatic heterocycles. The minimum Gasteiger partial charge on any atom is -0.384 e. The van der Waals surface area contributed by atoms with Crippen molar-refractivity contribution in [2.24, 2.45) is 0 Å². The van der Waals surface area contributed by atoms with Crippen molar-refractivity contribution in [1.82, 2.24) is 14.5 Å². The smallest absolute Gasteiger partial charge is 0.261 e. The van der Waals surface area contributed by atoms with E-state index in [0.717, 1.165) is 11.1 Å². The number of rotatable bonds is 3. The summed E-state index contributed by atoms with van der Waals surface area (Å²) >= 11 is 0. The molecule has 5 rings (SSSR count). The number of carbonyl (C=O) groups excluding carboxylic acids is 1. The number of nitrogen functional groups attached to an aromatic ring is 1. The molecule has 0 unspecified atom stereocenters. The van der Waals surface area contributed by atoms with Crippen molar-refractivity contribution in [3.63, 3.8) is 0 Å². The minimum absolute atomic E-state index is 0.184. The zero-order valence-corrected chi connectivity index (χ0v) is 17.6. The lowest BCUT2D eigenvalue weighted by atomic mass is 10.1. The summed E-state index contributed by atoms with van der Waals surface area (Å²) in [5, 5.41) is 2.92. The van der Waals surface area contributed by atoms with Gasteiger partial charge in [-0.1, -0.05) is 18.2 Å². The molecule has 0 radical (unpaired) electrons. The van der Waals surface area contributed by atoms with E-state index in [1.807, 2.05) is 56.3 Å². The maximum absolute atomic E-state index is 13.5. The van der Waals surface area contributed by atoms with E-state index in [1.165, 1.54) is 12.1 Å². The summed E-state index contributed by atoms with van der Waals surface area (Å²) in [5.74, 6) is -0.572. The monoisotopic (exact) mass is 425 g/mol. The Bertz CT molecular complexity index is 1510. The average molecular weight is 425 g/mol. The van der Waals surface area contributed by atoms with Crippen molar-refractivity contribution >= 4 is 39.6 Å². The van der Waals surface area contributed by atoms with Crippen molar-refractivity contribution < 1.29 is 9.18 Å². The maximum Gasteiger partial charge on any atom is 0.261 e. The molecule has 0 spiro atoms. The molecule has 3 N–H and O–H groups in total. The van der Waals surface area contributed by atoms with Gasteiger partial charge in [0.15, 0.2) is 5.65 Å². The van der Waals surface area contributed by atoms with Crippen molar-refractivity contribution in [2.45, 2.75) is 13.8 Å². The van der Waals surface area contributed by atoms with E-state index in [4.69, 9.17) is 15.7 Å². The summed E-state index contributed by atoms with van der Waals surface area (Å²) in [6, 6.07) is 19.0. The fraction of sp³-hybridized carbons (Fsp3) is 0.0800. The van der Waals surface area contributed by atoms with Gasteiger partial charge in [-0.25, -0.2) is 14.4 Å². The predicted molar refractivity (Wildman–Crippen MR) is 125 cm³/mol. The summed E-state index contributed by atoms with van der Waals surface area (Å²) in [6.07, 6.45) is 0. The van der Waals surface area contributed by atoms with Crippen molar-refractivity contribution in [3.05, 3.63) is 89.2 Å². The van der Waals surface area contributed by atoms with E-state index in [0.29, 0.717) is 33.6 Å². The molecule has 6 nitrogen and oxygen atoms in total. The van der Waals surface area contributed by atoms with Gasteiger partial charge in [0.1, 0.15) is 22.7 Å². The molecule has 0 aliphatic rings. The molecular weight excluding hydrogens is 405 g/mol. The van der Waals surface area contributed by atoms with Crippen LogP contribution in [0.15, 0.2) is 66.7 Å². The summed E-state index contributed by atoms with van der Waals surface area (Å²) in [7, 11) is 0. The zero-order valence-electron chi connectivity index (χ0n) is 17.6. The standard InChI is InChI=1S/C25H20FN5O/c1-14-7-10-17(13-15(14)2)28-25(32)21-22-24(30-20-6-4-3-5-19(20)29-22)31(23(21)27)18-11-8-16(26)9-12-18/h3-13H,27H2,1-2H3,(H,28,32). The van der Waals surface area contributed by atoms with Crippen LogP contribution >= 0.6 is 0 Å². The Hall–Kier alpha value is -4.26. The minimum atomic E-state index is -0.388. The highest BCUT2D eigenvalue weighted by molar-refractivity contribution is 6.16. The van der Waals surface area contributed by atoms with Gasteiger partial charge in [0, 0.05) is 11.4 Å². The number of nitrogens with one attached hydrogen (secondary N) is 1. The first-order valence-electron chi connectivity index (χ1n) is 10.1. The lowest BCUT2D eigenvalue weighted by Gasteiger charge is -2.09. The molecule has 0 saturated carbocycles. The van der Waals surface area contributed by atoms with E-state index in [2.05, 4.69) is 5.32 Å². The molecule has 32 heavy (non-hydrogen) atoms. The topological polar surface area (TPSA) is 85.8 Å². The van der Waals surface area contributed by atoms with E-state index in [1.54, 1.807) is 16.7 Å². The van der Waals surface area contributed by atoms with E-state index in [9.17, 15) is 9.18 Å². The fourth-order valence-electron chi connectivity index (χ4n) is 3.75. The Morgan fingerprint density at radius 1 is 0.938 bits per heavy atom. The second-order valence-corrected chi connectivity index (χ2v) is 7.71. The molecule has 158 valence electrons. The molecule has 1 amide bonds. The molecule has 2 heterocycles. The Labute approximate surface area is 183 Å². The van der Waals surface area contributed by atoms with Crippen LogP contribution in [-0.4, -0.2) is 20.4 Å². The van der Waals surface area contributed by atoms with E-state index >= 15 is 0 Å². The molecule has 0 saturated heterocycles. The third-order valence-corrected chi connectivity index (χ3v) is 5.57. The summed E-state index contributed by atoms with van der Waals surface area (Å²) in [4.78, 5) is 22.8. The zero-order chi connectivity index (χ0) is 22.4. The molecule has 0 atom stereocenters. The summed E-state index contributed by atoms with van der Waals surface area (Å²) in [6.45, 7) is 3.99. The molecule has 0 aliphatic carbocycles.